The van der Waals surface area contributed by atoms with Gasteiger partial charge in [0, 0.05) is 39.0 Å². The molecule has 0 unspecified atom stereocenters. The lowest BCUT2D eigenvalue weighted by atomic mass is 10.1. The molecule has 5 rings (SSSR count). The maximum atomic E-state index is 12.7. The average molecular weight is 483 g/mol. The van der Waals surface area contributed by atoms with Crippen molar-refractivity contribution in [3.63, 3.8) is 0 Å². The van der Waals surface area contributed by atoms with E-state index >= 15 is 0 Å². The van der Waals surface area contributed by atoms with Gasteiger partial charge in [0.2, 0.25) is 5.91 Å². The Bertz CT molecular complexity index is 1320. The second kappa shape index (κ2) is 10.9. The third kappa shape index (κ3) is 5.25. The summed E-state index contributed by atoms with van der Waals surface area (Å²) >= 11 is 0. The number of hydrogen-bond donors (Lipinski definition) is 0. The number of fused-ring (bicyclic) bond motifs is 1. The number of unbranched alkanes of at least 4 members (excludes halogenated alkanes) is 1. The number of aryl methyl sites for hydroxylation is 1. The summed E-state index contributed by atoms with van der Waals surface area (Å²) in [6, 6.07) is 18.6. The lowest BCUT2D eigenvalue weighted by Crippen LogP contribution is -2.35. The molecule has 1 aliphatic heterocycles. The molecule has 7 heteroatoms. The number of anilines is 1. The van der Waals surface area contributed by atoms with Gasteiger partial charge in [0.05, 0.1) is 17.3 Å². The Morgan fingerprint density at radius 3 is 2.53 bits per heavy atom. The van der Waals surface area contributed by atoms with Gasteiger partial charge in [-0.1, -0.05) is 61.4 Å². The smallest absolute Gasteiger partial charge is 0.222 e. The molecular formula is C29H34N6O. The van der Waals surface area contributed by atoms with Gasteiger partial charge in [-0.15, -0.1) is 0 Å². The van der Waals surface area contributed by atoms with E-state index in [1.807, 2.05) is 46.1 Å². The fourth-order valence-electron chi connectivity index (χ4n) is 4.77. The number of para-hydroxylation sites is 1. The molecule has 1 aliphatic rings. The Balaban J connectivity index is 1.50. The summed E-state index contributed by atoms with van der Waals surface area (Å²) in [5, 5.41) is 5.65. The van der Waals surface area contributed by atoms with Crippen molar-refractivity contribution in [2.24, 2.45) is 0 Å². The van der Waals surface area contributed by atoms with Crippen LogP contribution in [0.25, 0.3) is 16.7 Å². The van der Waals surface area contributed by atoms with Crippen LogP contribution in [0.3, 0.4) is 0 Å². The molecule has 36 heavy (non-hydrogen) atoms. The van der Waals surface area contributed by atoms with Crippen LogP contribution in [0.15, 0.2) is 60.8 Å². The molecular weight excluding hydrogens is 448 g/mol. The van der Waals surface area contributed by atoms with Crippen molar-refractivity contribution in [3.8, 4) is 5.69 Å². The fourth-order valence-corrected chi connectivity index (χ4v) is 4.77. The van der Waals surface area contributed by atoms with Gasteiger partial charge in [0.1, 0.15) is 11.6 Å². The number of carbonyl (C=O) groups is 1. The third-order valence-electron chi connectivity index (χ3n) is 6.83. The SMILES string of the molecule is CCCCC(=O)N1CCCN(c2nc(Cc3ccc(C)cc3)nc3c2cnn3-c2ccccc2)CC1. The fraction of sp³-hybridized carbons (Fsp3) is 0.379. The van der Waals surface area contributed by atoms with E-state index < -0.39 is 0 Å². The zero-order valence-corrected chi connectivity index (χ0v) is 21.2. The monoisotopic (exact) mass is 482 g/mol. The minimum atomic E-state index is 0.267. The molecule has 3 heterocycles. The molecule has 0 saturated carbocycles. The number of benzene rings is 2. The van der Waals surface area contributed by atoms with Gasteiger partial charge in [-0.3, -0.25) is 4.79 Å². The zero-order chi connectivity index (χ0) is 24.9. The molecule has 0 atom stereocenters. The molecule has 0 spiro atoms. The van der Waals surface area contributed by atoms with Gasteiger partial charge < -0.3 is 9.80 Å². The van der Waals surface area contributed by atoms with Crippen LogP contribution in [-0.4, -0.2) is 56.7 Å². The molecule has 1 amide bonds. The van der Waals surface area contributed by atoms with Crippen molar-refractivity contribution in [3.05, 3.63) is 77.7 Å². The summed E-state index contributed by atoms with van der Waals surface area (Å²) in [4.78, 5) is 27.1. The summed E-state index contributed by atoms with van der Waals surface area (Å²) in [6.07, 6.45) is 6.08. The molecule has 2 aromatic heterocycles. The number of hydrogen-bond acceptors (Lipinski definition) is 5. The molecule has 4 aromatic rings. The van der Waals surface area contributed by atoms with E-state index in [-0.39, 0.29) is 5.91 Å². The second-order valence-electron chi connectivity index (χ2n) is 9.58. The van der Waals surface area contributed by atoms with Gasteiger partial charge in [-0.25, -0.2) is 14.6 Å². The average Bonchev–Trinajstić information content (AvgIpc) is 3.17. The third-order valence-corrected chi connectivity index (χ3v) is 6.83. The first kappa shape index (κ1) is 24.0. The predicted molar refractivity (Wildman–Crippen MR) is 144 cm³/mol. The van der Waals surface area contributed by atoms with E-state index in [9.17, 15) is 4.79 Å². The maximum absolute atomic E-state index is 12.7. The van der Waals surface area contributed by atoms with E-state index in [2.05, 4.69) is 43.0 Å². The van der Waals surface area contributed by atoms with Crippen molar-refractivity contribution in [1.29, 1.82) is 0 Å². The lowest BCUT2D eigenvalue weighted by molar-refractivity contribution is -0.131. The van der Waals surface area contributed by atoms with Crippen molar-refractivity contribution in [2.45, 2.75) is 46.0 Å². The summed E-state index contributed by atoms with van der Waals surface area (Å²) < 4.78 is 1.90. The highest BCUT2D eigenvalue weighted by atomic mass is 16.2. The van der Waals surface area contributed by atoms with Gasteiger partial charge in [-0.2, -0.15) is 5.10 Å². The second-order valence-corrected chi connectivity index (χ2v) is 9.58. The minimum Gasteiger partial charge on any atom is -0.354 e. The minimum absolute atomic E-state index is 0.267. The van der Waals surface area contributed by atoms with Crippen molar-refractivity contribution < 1.29 is 4.79 Å². The van der Waals surface area contributed by atoms with E-state index in [0.717, 1.165) is 67.3 Å². The number of aromatic nitrogens is 4. The maximum Gasteiger partial charge on any atom is 0.222 e. The predicted octanol–water partition coefficient (Wildman–Crippen LogP) is 4.94. The van der Waals surface area contributed by atoms with Crippen molar-refractivity contribution in [1.82, 2.24) is 24.6 Å². The van der Waals surface area contributed by atoms with E-state index in [1.165, 1.54) is 11.1 Å². The molecule has 0 N–H and O–H groups in total. The Morgan fingerprint density at radius 2 is 1.75 bits per heavy atom. The van der Waals surface area contributed by atoms with Crippen LogP contribution in [0.4, 0.5) is 5.82 Å². The Kier molecular flexibility index (Phi) is 7.26. The van der Waals surface area contributed by atoms with Crippen LogP contribution in [0, 0.1) is 6.92 Å². The molecule has 0 radical (unpaired) electrons. The van der Waals surface area contributed by atoms with Gasteiger partial charge in [-0.05, 0) is 37.5 Å². The largest absolute Gasteiger partial charge is 0.354 e. The van der Waals surface area contributed by atoms with Crippen molar-refractivity contribution in [2.75, 3.05) is 31.1 Å². The van der Waals surface area contributed by atoms with E-state index in [4.69, 9.17) is 15.1 Å². The summed E-state index contributed by atoms with van der Waals surface area (Å²) in [6.45, 7) is 7.34. The van der Waals surface area contributed by atoms with Gasteiger partial charge in [0.15, 0.2) is 5.65 Å². The Labute approximate surface area is 212 Å². The summed E-state index contributed by atoms with van der Waals surface area (Å²) in [5.41, 5.74) is 4.20. The Morgan fingerprint density at radius 1 is 0.944 bits per heavy atom. The molecule has 1 saturated heterocycles. The number of amides is 1. The highest BCUT2D eigenvalue weighted by Crippen LogP contribution is 2.27. The van der Waals surface area contributed by atoms with Gasteiger partial charge >= 0.3 is 0 Å². The standard InChI is InChI=1S/C29H34N6O/c1-3-4-11-27(36)33-16-8-17-34(19-18-33)28-25-21-30-35(24-9-6-5-7-10-24)29(25)32-26(31-28)20-23-14-12-22(2)13-15-23/h5-7,9-10,12-15,21H,3-4,8,11,16-20H2,1-2H3. The summed E-state index contributed by atoms with van der Waals surface area (Å²) in [5.74, 6) is 1.95. The number of nitrogens with zero attached hydrogens (tertiary/aromatic N) is 6. The number of carbonyl (C=O) groups excluding carboxylic acids is 1. The highest BCUT2D eigenvalue weighted by molar-refractivity contribution is 5.88. The van der Waals surface area contributed by atoms with Gasteiger partial charge in [0.25, 0.3) is 0 Å². The van der Waals surface area contributed by atoms with E-state index in [0.29, 0.717) is 19.4 Å². The first-order chi connectivity index (χ1) is 17.6. The zero-order valence-electron chi connectivity index (χ0n) is 21.2. The van der Waals surface area contributed by atoms with Crippen LogP contribution < -0.4 is 4.90 Å². The summed E-state index contributed by atoms with van der Waals surface area (Å²) in [7, 11) is 0. The molecule has 1 fully saturated rings. The van der Waals surface area contributed by atoms with Crippen LogP contribution in [0.2, 0.25) is 0 Å². The van der Waals surface area contributed by atoms with Crippen LogP contribution >= 0.6 is 0 Å². The first-order valence-electron chi connectivity index (χ1n) is 13.0. The quantitative estimate of drug-likeness (QED) is 0.373. The number of rotatable bonds is 7. The molecule has 0 aliphatic carbocycles. The molecule has 2 aromatic carbocycles. The van der Waals surface area contributed by atoms with Crippen LogP contribution in [-0.2, 0) is 11.2 Å². The molecule has 186 valence electrons. The van der Waals surface area contributed by atoms with Crippen molar-refractivity contribution >= 4 is 22.8 Å². The lowest BCUT2D eigenvalue weighted by Gasteiger charge is -2.24. The Hall–Kier alpha value is -3.74. The molecule has 7 nitrogen and oxygen atoms in total. The first-order valence-corrected chi connectivity index (χ1v) is 13.0. The topological polar surface area (TPSA) is 67.2 Å². The van der Waals surface area contributed by atoms with E-state index in [1.54, 1.807) is 0 Å². The molecule has 0 bridgehead atoms. The van der Waals surface area contributed by atoms with Crippen LogP contribution in [0.5, 0.6) is 0 Å². The highest BCUT2D eigenvalue weighted by Gasteiger charge is 2.23. The van der Waals surface area contributed by atoms with Crippen LogP contribution in [0.1, 0.15) is 49.6 Å². The normalized spacial score (nSPS) is 14.3.